The summed E-state index contributed by atoms with van der Waals surface area (Å²) in [5, 5.41) is 17.1. The van der Waals surface area contributed by atoms with Gasteiger partial charge in [0, 0.05) is 42.9 Å². The molecule has 0 radical (unpaired) electrons. The Morgan fingerprint density at radius 2 is 2.30 bits per heavy atom. The van der Waals surface area contributed by atoms with Crippen molar-refractivity contribution in [3.05, 3.63) is 52.7 Å². The summed E-state index contributed by atoms with van der Waals surface area (Å²) >= 11 is 1.54. The summed E-state index contributed by atoms with van der Waals surface area (Å²) in [6.45, 7) is 1.45. The lowest BCUT2D eigenvalue weighted by Gasteiger charge is -2.29. The molecule has 33 heavy (non-hydrogen) atoms. The zero-order valence-corrected chi connectivity index (χ0v) is 18.8. The maximum Gasteiger partial charge on any atom is 0.328 e. The molecule has 1 aliphatic heterocycles. The van der Waals surface area contributed by atoms with E-state index < -0.39 is 6.03 Å². The number of fused-ring (bicyclic) bond motifs is 1. The molecule has 1 aliphatic rings. The number of thiophene rings is 1. The summed E-state index contributed by atoms with van der Waals surface area (Å²) in [4.78, 5) is 36.1. The lowest BCUT2D eigenvalue weighted by Crippen LogP contribution is -2.39. The van der Waals surface area contributed by atoms with E-state index in [4.69, 9.17) is 4.74 Å². The third-order valence-corrected chi connectivity index (χ3v) is 6.12. The molecule has 3 aromatic rings. The number of pyridine rings is 2. The van der Waals surface area contributed by atoms with Gasteiger partial charge in [-0.15, -0.1) is 11.3 Å². The first-order chi connectivity index (χ1) is 16.1. The topological polar surface area (TPSA) is 120 Å². The van der Waals surface area contributed by atoms with Gasteiger partial charge in [0.25, 0.3) is 0 Å². The van der Waals surface area contributed by atoms with E-state index in [1.54, 1.807) is 13.2 Å². The molecule has 3 aromatic heterocycles. The van der Waals surface area contributed by atoms with Gasteiger partial charge >= 0.3 is 6.03 Å². The van der Waals surface area contributed by atoms with Gasteiger partial charge in [0.15, 0.2) is 6.29 Å². The second-order valence-electron chi connectivity index (χ2n) is 7.33. The Hall–Kier alpha value is -3.81. The normalized spacial score (nSPS) is 12.5. The minimum Gasteiger partial charge on any atom is -0.383 e. The van der Waals surface area contributed by atoms with Gasteiger partial charge in [-0.25, -0.2) is 14.8 Å². The fraction of sp³-hybridized carbons (Fsp3) is 0.261. The van der Waals surface area contributed by atoms with Gasteiger partial charge in [-0.2, -0.15) is 5.26 Å². The first kappa shape index (κ1) is 22.4. The molecule has 0 atom stereocenters. The number of carbonyl (C=O) groups excluding carboxylic acids is 2. The number of nitrogens with one attached hydrogen (secondary N) is 2. The van der Waals surface area contributed by atoms with E-state index in [2.05, 4.69) is 26.7 Å². The van der Waals surface area contributed by atoms with Crippen LogP contribution in [0.1, 0.15) is 28.0 Å². The zero-order valence-electron chi connectivity index (χ0n) is 18.0. The Bertz CT molecular complexity index is 1210. The van der Waals surface area contributed by atoms with Crippen molar-refractivity contribution < 1.29 is 14.3 Å². The molecule has 0 saturated heterocycles. The maximum absolute atomic E-state index is 13.1. The minimum atomic E-state index is -0.399. The number of nitrogens with zero attached hydrogens (tertiary/aromatic N) is 4. The van der Waals surface area contributed by atoms with Crippen molar-refractivity contribution >= 4 is 41.0 Å². The average molecular weight is 463 g/mol. The molecule has 4 heterocycles. The highest BCUT2D eigenvalue weighted by atomic mass is 32.1. The monoisotopic (exact) mass is 462 g/mol. The number of hydrogen-bond donors (Lipinski definition) is 2. The fourth-order valence-electron chi connectivity index (χ4n) is 3.65. The fourth-order valence-corrected chi connectivity index (χ4v) is 4.40. The number of rotatable bonds is 7. The smallest absolute Gasteiger partial charge is 0.328 e. The summed E-state index contributed by atoms with van der Waals surface area (Å²) < 4.78 is 5.03. The average Bonchev–Trinajstić information content (AvgIpc) is 3.38. The number of amides is 2. The van der Waals surface area contributed by atoms with Crippen LogP contribution in [0.5, 0.6) is 0 Å². The van der Waals surface area contributed by atoms with E-state index in [9.17, 15) is 14.9 Å². The number of aldehydes is 1. The summed E-state index contributed by atoms with van der Waals surface area (Å²) in [5.74, 6) is 0.783. The van der Waals surface area contributed by atoms with Crippen molar-refractivity contribution in [1.82, 2.24) is 9.97 Å². The predicted octanol–water partition coefficient (Wildman–Crippen LogP) is 3.93. The van der Waals surface area contributed by atoms with Crippen molar-refractivity contribution in [2.24, 2.45) is 0 Å². The Labute approximate surface area is 195 Å². The number of carbonyl (C=O) groups is 2. The third-order valence-electron chi connectivity index (χ3n) is 5.22. The van der Waals surface area contributed by atoms with E-state index >= 15 is 0 Å². The molecule has 0 saturated carbocycles. The van der Waals surface area contributed by atoms with Gasteiger partial charge < -0.3 is 10.1 Å². The molecule has 0 bridgehead atoms. The Morgan fingerprint density at radius 3 is 3.03 bits per heavy atom. The zero-order chi connectivity index (χ0) is 23.2. The second kappa shape index (κ2) is 10.2. The predicted molar refractivity (Wildman–Crippen MR) is 127 cm³/mol. The molecule has 10 heteroatoms. The van der Waals surface area contributed by atoms with Crippen LogP contribution in [0, 0.1) is 11.3 Å². The molecular weight excluding hydrogens is 440 g/mol. The van der Waals surface area contributed by atoms with Gasteiger partial charge in [-0.3, -0.25) is 15.0 Å². The summed E-state index contributed by atoms with van der Waals surface area (Å²) in [7, 11) is 1.59. The Balaban J connectivity index is 1.59. The van der Waals surface area contributed by atoms with Gasteiger partial charge in [-0.05, 0) is 35.9 Å². The van der Waals surface area contributed by atoms with E-state index in [0.717, 1.165) is 35.1 Å². The second-order valence-corrected chi connectivity index (χ2v) is 8.28. The van der Waals surface area contributed by atoms with Crippen LogP contribution in [0.3, 0.4) is 0 Å². The number of aromatic nitrogens is 2. The number of nitriles is 1. The molecule has 0 spiro atoms. The standard InChI is InChI=1S/C23H22N6O3S/c1-32-8-6-25-18-11-21(26-13-16(18)12-24)28-23(31)29-7-2-4-15-10-17(20-5-3-9-33-20)19(14-30)27-22(15)29/h3,5,9-11,13-14H,2,4,6-8H2,1H3,(H2,25,26,28,31). The first-order valence-electron chi connectivity index (χ1n) is 10.4. The number of anilines is 3. The molecule has 4 rings (SSSR count). The van der Waals surface area contributed by atoms with Crippen LogP contribution in [0.2, 0.25) is 0 Å². The van der Waals surface area contributed by atoms with Gasteiger partial charge in [0.1, 0.15) is 23.4 Å². The SMILES string of the molecule is COCCNc1cc(NC(=O)N2CCCc3cc(-c4cccs4)c(C=O)nc32)ncc1C#N. The third kappa shape index (κ3) is 4.84. The quantitative estimate of drug-likeness (QED) is 0.403. The summed E-state index contributed by atoms with van der Waals surface area (Å²) in [6, 6.07) is 9.12. The van der Waals surface area contributed by atoms with Crippen LogP contribution in [-0.4, -0.2) is 49.1 Å². The van der Waals surface area contributed by atoms with Crippen molar-refractivity contribution in [3.63, 3.8) is 0 Å². The highest BCUT2D eigenvalue weighted by Gasteiger charge is 2.26. The Morgan fingerprint density at radius 1 is 1.42 bits per heavy atom. The number of aryl methyl sites for hydroxylation is 1. The number of ether oxygens (including phenoxy) is 1. The molecule has 168 valence electrons. The van der Waals surface area contributed by atoms with E-state index in [-0.39, 0.29) is 0 Å². The highest BCUT2D eigenvalue weighted by molar-refractivity contribution is 7.13. The lowest BCUT2D eigenvalue weighted by atomic mass is 10.0. The van der Waals surface area contributed by atoms with Crippen molar-refractivity contribution in [2.75, 3.05) is 42.3 Å². The van der Waals surface area contributed by atoms with E-state index in [0.29, 0.717) is 48.3 Å². The maximum atomic E-state index is 13.1. The van der Waals surface area contributed by atoms with Crippen molar-refractivity contribution in [3.8, 4) is 16.5 Å². The molecule has 9 nitrogen and oxygen atoms in total. The number of hydrogen-bond acceptors (Lipinski definition) is 8. The van der Waals surface area contributed by atoms with Gasteiger partial charge in [-0.1, -0.05) is 6.07 Å². The van der Waals surface area contributed by atoms with Gasteiger partial charge in [0.2, 0.25) is 0 Å². The largest absolute Gasteiger partial charge is 0.383 e. The number of methoxy groups -OCH3 is 1. The van der Waals surface area contributed by atoms with Crippen LogP contribution >= 0.6 is 11.3 Å². The molecule has 0 fully saturated rings. The lowest BCUT2D eigenvalue weighted by molar-refractivity contribution is 0.111. The number of urea groups is 1. The van der Waals surface area contributed by atoms with E-state index in [1.807, 2.05) is 23.6 Å². The molecule has 0 aliphatic carbocycles. The summed E-state index contributed by atoms with van der Waals surface area (Å²) in [6.07, 6.45) is 3.68. The molecular formula is C23H22N6O3S. The van der Waals surface area contributed by atoms with Crippen LogP contribution in [-0.2, 0) is 11.2 Å². The van der Waals surface area contributed by atoms with Crippen LogP contribution in [0.25, 0.3) is 10.4 Å². The Kier molecular flexibility index (Phi) is 6.92. The minimum absolute atomic E-state index is 0.303. The van der Waals surface area contributed by atoms with Crippen LogP contribution in [0.4, 0.5) is 22.1 Å². The van der Waals surface area contributed by atoms with Crippen molar-refractivity contribution in [1.29, 1.82) is 5.26 Å². The summed E-state index contributed by atoms with van der Waals surface area (Å²) in [5.41, 5.74) is 2.92. The molecule has 2 amide bonds. The van der Waals surface area contributed by atoms with Gasteiger partial charge in [0.05, 0.1) is 17.9 Å². The van der Waals surface area contributed by atoms with Crippen LogP contribution < -0.4 is 15.5 Å². The van der Waals surface area contributed by atoms with E-state index in [1.165, 1.54) is 22.4 Å². The van der Waals surface area contributed by atoms with Crippen LogP contribution in [0.15, 0.2) is 35.8 Å². The van der Waals surface area contributed by atoms with Crippen molar-refractivity contribution in [2.45, 2.75) is 12.8 Å². The molecule has 0 unspecified atom stereocenters. The molecule has 0 aromatic carbocycles. The highest BCUT2D eigenvalue weighted by Crippen LogP contribution is 2.34. The molecule has 2 N–H and O–H groups in total. The first-order valence-corrected chi connectivity index (χ1v) is 11.3.